The van der Waals surface area contributed by atoms with Crippen LogP contribution in [0.15, 0.2) is 0 Å². The Balaban J connectivity index is 1.26. The fraction of sp³-hybridized carbons (Fsp3) is 0.818. The first kappa shape index (κ1) is 19.6. The highest BCUT2D eigenvalue weighted by Crippen LogP contribution is 2.39. The SMILES string of the molecule is C#CCOC(=O)N1C2CCC1CC(N1CCC(C(=O)NC3(C)CCC3)CC1)C2. The van der Waals surface area contributed by atoms with Crippen molar-refractivity contribution >= 4 is 12.0 Å². The van der Waals surface area contributed by atoms with E-state index < -0.39 is 0 Å². The van der Waals surface area contributed by atoms with Gasteiger partial charge in [-0.05, 0) is 77.8 Å². The van der Waals surface area contributed by atoms with E-state index in [2.05, 4.69) is 23.1 Å². The highest BCUT2D eigenvalue weighted by atomic mass is 16.6. The first-order valence-corrected chi connectivity index (χ1v) is 10.9. The zero-order chi connectivity index (χ0) is 19.7. The second-order valence-electron chi connectivity index (χ2n) is 9.39. The van der Waals surface area contributed by atoms with Crippen molar-refractivity contribution in [3.05, 3.63) is 0 Å². The van der Waals surface area contributed by atoms with Crippen LogP contribution < -0.4 is 5.32 Å². The van der Waals surface area contributed by atoms with Gasteiger partial charge in [-0.15, -0.1) is 6.42 Å². The molecule has 3 heterocycles. The Bertz CT molecular complexity index is 632. The highest BCUT2D eigenvalue weighted by molar-refractivity contribution is 5.79. The van der Waals surface area contributed by atoms with Gasteiger partial charge in [0.05, 0.1) is 0 Å². The number of carbonyl (C=O) groups is 2. The monoisotopic (exact) mass is 387 g/mol. The summed E-state index contributed by atoms with van der Waals surface area (Å²) in [7, 11) is 0. The van der Waals surface area contributed by atoms with E-state index in [1.54, 1.807) is 0 Å². The van der Waals surface area contributed by atoms with Gasteiger partial charge in [0, 0.05) is 29.6 Å². The minimum absolute atomic E-state index is 0.0484. The second kappa shape index (κ2) is 7.94. The molecule has 0 aromatic carbocycles. The predicted molar refractivity (Wildman–Crippen MR) is 107 cm³/mol. The van der Waals surface area contributed by atoms with Crippen molar-refractivity contribution in [2.75, 3.05) is 19.7 Å². The van der Waals surface area contributed by atoms with Gasteiger partial charge in [0.15, 0.2) is 6.61 Å². The van der Waals surface area contributed by atoms with Crippen molar-refractivity contribution in [1.82, 2.24) is 15.1 Å². The van der Waals surface area contributed by atoms with E-state index >= 15 is 0 Å². The van der Waals surface area contributed by atoms with Gasteiger partial charge in [-0.3, -0.25) is 4.79 Å². The molecule has 2 atom stereocenters. The van der Waals surface area contributed by atoms with Crippen LogP contribution in [0, 0.1) is 18.3 Å². The van der Waals surface area contributed by atoms with Crippen molar-refractivity contribution in [3.63, 3.8) is 0 Å². The minimum Gasteiger partial charge on any atom is -0.436 e. The Hall–Kier alpha value is -1.74. The third-order valence-electron chi connectivity index (χ3n) is 7.50. The number of carbonyl (C=O) groups excluding carboxylic acids is 2. The van der Waals surface area contributed by atoms with E-state index in [9.17, 15) is 9.59 Å². The van der Waals surface area contributed by atoms with Crippen molar-refractivity contribution < 1.29 is 14.3 Å². The molecule has 28 heavy (non-hydrogen) atoms. The number of likely N-dealkylation sites (tertiary alicyclic amines) is 1. The molecule has 1 aliphatic carbocycles. The maximum atomic E-state index is 12.6. The zero-order valence-corrected chi connectivity index (χ0v) is 17.0. The summed E-state index contributed by atoms with van der Waals surface area (Å²) < 4.78 is 5.18. The van der Waals surface area contributed by atoms with Gasteiger partial charge >= 0.3 is 6.09 Å². The van der Waals surface area contributed by atoms with Gasteiger partial charge in [0.1, 0.15) is 0 Å². The summed E-state index contributed by atoms with van der Waals surface area (Å²) in [5.41, 5.74) is 0.0499. The van der Waals surface area contributed by atoms with Crippen molar-refractivity contribution in [2.24, 2.45) is 5.92 Å². The average Bonchev–Trinajstić information content (AvgIpc) is 2.94. The Kier molecular flexibility index (Phi) is 5.55. The molecule has 3 saturated heterocycles. The third-order valence-corrected chi connectivity index (χ3v) is 7.50. The van der Waals surface area contributed by atoms with E-state index in [4.69, 9.17) is 11.2 Å². The maximum absolute atomic E-state index is 12.6. The quantitative estimate of drug-likeness (QED) is 0.753. The Labute approximate surface area is 168 Å². The van der Waals surface area contributed by atoms with Crippen LogP contribution >= 0.6 is 0 Å². The zero-order valence-electron chi connectivity index (χ0n) is 17.0. The standard InChI is InChI=1S/C22H33N3O3/c1-3-13-28-21(27)25-17-5-6-18(25)15-19(14-17)24-11-7-16(8-12-24)20(26)23-22(2)9-4-10-22/h1,16-19H,4-15H2,2H3,(H,23,26). The molecular formula is C22H33N3O3. The summed E-state index contributed by atoms with van der Waals surface area (Å²) in [6.45, 7) is 4.19. The number of nitrogens with one attached hydrogen (secondary N) is 1. The summed E-state index contributed by atoms with van der Waals surface area (Å²) >= 11 is 0. The van der Waals surface area contributed by atoms with Crippen LogP contribution in [-0.4, -0.2) is 65.2 Å². The second-order valence-corrected chi connectivity index (χ2v) is 9.39. The summed E-state index contributed by atoms with van der Waals surface area (Å²) in [4.78, 5) is 29.4. The molecule has 6 nitrogen and oxygen atoms in total. The molecule has 4 aliphatic rings. The maximum Gasteiger partial charge on any atom is 0.411 e. The molecule has 154 valence electrons. The van der Waals surface area contributed by atoms with E-state index in [-0.39, 0.29) is 42.1 Å². The van der Waals surface area contributed by atoms with E-state index in [0.29, 0.717) is 6.04 Å². The van der Waals surface area contributed by atoms with Crippen LogP contribution in [0.1, 0.15) is 64.7 Å². The molecule has 3 aliphatic heterocycles. The number of rotatable bonds is 4. The molecule has 1 N–H and O–H groups in total. The van der Waals surface area contributed by atoms with Crippen molar-refractivity contribution in [3.8, 4) is 12.3 Å². The molecule has 2 bridgehead atoms. The molecule has 1 saturated carbocycles. The smallest absolute Gasteiger partial charge is 0.411 e. The number of nitrogens with zero attached hydrogens (tertiary/aromatic N) is 2. The van der Waals surface area contributed by atoms with E-state index in [1.807, 2.05) is 4.90 Å². The summed E-state index contributed by atoms with van der Waals surface area (Å²) in [5.74, 6) is 2.79. The van der Waals surface area contributed by atoms with Gasteiger partial charge in [-0.25, -0.2) is 4.79 Å². The van der Waals surface area contributed by atoms with Crippen LogP contribution in [-0.2, 0) is 9.53 Å². The summed E-state index contributed by atoms with van der Waals surface area (Å²) in [6, 6.07) is 1.06. The van der Waals surface area contributed by atoms with Crippen LogP contribution in [0.3, 0.4) is 0 Å². The van der Waals surface area contributed by atoms with Gasteiger partial charge in [-0.1, -0.05) is 5.92 Å². The Morgan fingerprint density at radius 1 is 1.11 bits per heavy atom. The fourth-order valence-electron chi connectivity index (χ4n) is 5.68. The largest absolute Gasteiger partial charge is 0.436 e. The number of hydrogen-bond donors (Lipinski definition) is 1. The van der Waals surface area contributed by atoms with Crippen LogP contribution in [0.4, 0.5) is 4.79 Å². The normalized spacial score (nSPS) is 32.3. The Morgan fingerprint density at radius 3 is 2.29 bits per heavy atom. The van der Waals surface area contributed by atoms with Gasteiger partial charge in [-0.2, -0.15) is 0 Å². The Morgan fingerprint density at radius 2 is 1.75 bits per heavy atom. The topological polar surface area (TPSA) is 61.9 Å². The van der Waals surface area contributed by atoms with Gasteiger partial charge < -0.3 is 19.9 Å². The molecular weight excluding hydrogens is 354 g/mol. The minimum atomic E-state index is -0.247. The van der Waals surface area contributed by atoms with Gasteiger partial charge in [0.25, 0.3) is 0 Å². The number of fused-ring (bicyclic) bond motifs is 2. The lowest BCUT2D eigenvalue weighted by molar-refractivity contribution is -0.129. The number of piperidine rings is 2. The lowest BCUT2D eigenvalue weighted by Crippen LogP contribution is -2.56. The van der Waals surface area contributed by atoms with Gasteiger partial charge in [0.2, 0.25) is 5.91 Å². The number of terminal acetylenes is 1. The van der Waals surface area contributed by atoms with E-state index in [1.165, 1.54) is 6.42 Å². The molecule has 0 aromatic heterocycles. The molecule has 0 radical (unpaired) electrons. The molecule has 0 spiro atoms. The van der Waals surface area contributed by atoms with Crippen LogP contribution in [0.2, 0.25) is 0 Å². The molecule has 2 amide bonds. The number of ether oxygens (including phenoxy) is 1. The molecule has 0 aromatic rings. The fourth-order valence-corrected chi connectivity index (χ4v) is 5.68. The average molecular weight is 388 g/mol. The molecule has 4 fully saturated rings. The first-order valence-electron chi connectivity index (χ1n) is 10.9. The summed E-state index contributed by atoms with van der Waals surface area (Å²) in [5, 5.41) is 3.29. The van der Waals surface area contributed by atoms with Crippen LogP contribution in [0.25, 0.3) is 0 Å². The number of hydrogen-bond acceptors (Lipinski definition) is 4. The first-order chi connectivity index (χ1) is 13.5. The highest BCUT2D eigenvalue weighted by Gasteiger charge is 2.46. The van der Waals surface area contributed by atoms with Crippen LogP contribution in [0.5, 0.6) is 0 Å². The van der Waals surface area contributed by atoms with Crippen molar-refractivity contribution in [1.29, 1.82) is 0 Å². The lowest BCUT2D eigenvalue weighted by Gasteiger charge is -2.45. The van der Waals surface area contributed by atoms with E-state index in [0.717, 1.165) is 64.5 Å². The third kappa shape index (κ3) is 3.87. The van der Waals surface area contributed by atoms with Crippen molar-refractivity contribution in [2.45, 2.75) is 88.4 Å². The molecule has 2 unspecified atom stereocenters. The molecule has 6 heteroatoms. The summed E-state index contributed by atoms with van der Waals surface area (Å²) in [6.07, 6.45) is 14.4. The lowest BCUT2D eigenvalue weighted by atomic mass is 9.78. The molecule has 4 rings (SSSR count). The predicted octanol–water partition coefficient (Wildman–Crippen LogP) is 2.52. The number of amides is 2.